The topological polar surface area (TPSA) is 92.8 Å². The van der Waals surface area contributed by atoms with E-state index in [0.717, 1.165) is 42.7 Å². The first-order chi connectivity index (χ1) is 15.3. The van der Waals surface area contributed by atoms with Crippen LogP contribution in [0.2, 0.25) is 0 Å². The number of fused-ring (bicyclic) bond motifs is 1. The number of rotatable bonds is 5. The molecule has 0 aromatic heterocycles. The number of nitrogens with one attached hydrogen (secondary N) is 1. The van der Waals surface area contributed by atoms with Crippen molar-refractivity contribution in [2.45, 2.75) is 38.6 Å². The van der Waals surface area contributed by atoms with Crippen molar-refractivity contribution in [3.8, 4) is 0 Å². The molecule has 1 aliphatic carbocycles. The molecule has 1 aliphatic heterocycles. The second-order valence-electron chi connectivity index (χ2n) is 8.19. The van der Waals surface area contributed by atoms with Crippen LogP contribution in [0.25, 0.3) is 0 Å². The number of hydrogen-bond donors (Lipinski definition) is 1. The number of esters is 1. The van der Waals surface area contributed by atoms with Crippen LogP contribution in [0.4, 0.5) is 10.1 Å². The highest BCUT2D eigenvalue weighted by atomic mass is 19.1. The number of halogens is 1. The maximum atomic E-state index is 13.2. The predicted molar refractivity (Wildman–Crippen MR) is 114 cm³/mol. The van der Waals surface area contributed by atoms with Crippen LogP contribution >= 0.6 is 0 Å². The van der Waals surface area contributed by atoms with Gasteiger partial charge >= 0.3 is 5.97 Å². The lowest BCUT2D eigenvalue weighted by Crippen LogP contribution is -2.42. The summed E-state index contributed by atoms with van der Waals surface area (Å²) in [6, 6.07) is 9.08. The largest absolute Gasteiger partial charge is 0.452 e. The molecule has 8 heteroatoms. The zero-order valence-corrected chi connectivity index (χ0v) is 17.6. The second kappa shape index (κ2) is 8.90. The van der Waals surface area contributed by atoms with E-state index in [2.05, 4.69) is 12.2 Å². The molecule has 3 amide bonds. The third-order valence-corrected chi connectivity index (χ3v) is 6.00. The number of amides is 3. The summed E-state index contributed by atoms with van der Waals surface area (Å²) in [5.74, 6) is -2.41. The van der Waals surface area contributed by atoms with Gasteiger partial charge in [-0.25, -0.2) is 14.1 Å². The maximum absolute atomic E-state index is 13.2. The van der Waals surface area contributed by atoms with E-state index in [9.17, 15) is 23.6 Å². The molecule has 1 N–H and O–H groups in total. The molecule has 4 rings (SSSR count). The minimum Gasteiger partial charge on any atom is -0.452 e. The van der Waals surface area contributed by atoms with Gasteiger partial charge < -0.3 is 10.1 Å². The van der Waals surface area contributed by atoms with Gasteiger partial charge in [0.05, 0.1) is 22.4 Å². The number of carbonyl (C=O) groups excluding carboxylic acids is 4. The Morgan fingerprint density at radius 3 is 2.44 bits per heavy atom. The Bertz CT molecular complexity index is 1080. The Balaban J connectivity index is 1.42. The monoisotopic (exact) mass is 438 g/mol. The Morgan fingerprint density at radius 2 is 1.72 bits per heavy atom. The molecule has 0 radical (unpaired) electrons. The zero-order chi connectivity index (χ0) is 22.8. The lowest BCUT2D eigenvalue weighted by Gasteiger charge is -2.29. The fraction of sp³-hybridized carbons (Fsp3) is 0.333. The summed E-state index contributed by atoms with van der Waals surface area (Å²) in [6.45, 7) is 1.67. The van der Waals surface area contributed by atoms with Crippen molar-refractivity contribution < 1.29 is 28.3 Å². The van der Waals surface area contributed by atoms with E-state index in [4.69, 9.17) is 4.74 Å². The van der Waals surface area contributed by atoms with Gasteiger partial charge in [0.1, 0.15) is 5.82 Å². The van der Waals surface area contributed by atoms with E-state index >= 15 is 0 Å². The molecule has 166 valence electrons. The van der Waals surface area contributed by atoms with Crippen LogP contribution in [0.5, 0.6) is 0 Å². The average molecular weight is 438 g/mol. The van der Waals surface area contributed by atoms with Gasteiger partial charge in [-0.05, 0) is 61.2 Å². The molecule has 32 heavy (non-hydrogen) atoms. The highest BCUT2D eigenvalue weighted by molar-refractivity contribution is 6.34. The lowest BCUT2D eigenvalue weighted by atomic mass is 9.86. The Hall–Kier alpha value is -3.55. The van der Waals surface area contributed by atoms with Crippen molar-refractivity contribution in [2.75, 3.05) is 11.5 Å². The Kier molecular flexibility index (Phi) is 6.03. The van der Waals surface area contributed by atoms with E-state index in [0.29, 0.717) is 5.92 Å². The van der Waals surface area contributed by atoms with E-state index < -0.39 is 30.2 Å². The van der Waals surface area contributed by atoms with E-state index in [-0.39, 0.29) is 34.3 Å². The summed E-state index contributed by atoms with van der Waals surface area (Å²) in [7, 11) is 0. The highest BCUT2D eigenvalue weighted by Crippen LogP contribution is 2.29. The van der Waals surface area contributed by atoms with Gasteiger partial charge in [-0.3, -0.25) is 14.4 Å². The number of carbonyl (C=O) groups is 4. The molecule has 0 spiro atoms. The maximum Gasteiger partial charge on any atom is 0.338 e. The van der Waals surface area contributed by atoms with E-state index in [1.165, 1.54) is 30.3 Å². The Morgan fingerprint density at radius 1 is 1.03 bits per heavy atom. The first kappa shape index (κ1) is 21.7. The molecule has 0 unspecified atom stereocenters. The first-order valence-corrected chi connectivity index (χ1v) is 10.6. The van der Waals surface area contributed by atoms with Gasteiger partial charge in [0.15, 0.2) is 6.61 Å². The van der Waals surface area contributed by atoms with Crippen molar-refractivity contribution in [1.82, 2.24) is 5.32 Å². The third-order valence-electron chi connectivity index (χ3n) is 6.00. The van der Waals surface area contributed by atoms with Crippen molar-refractivity contribution >= 4 is 29.4 Å². The summed E-state index contributed by atoms with van der Waals surface area (Å²) in [5.41, 5.74) is 0.481. The molecule has 2 aromatic carbocycles. The van der Waals surface area contributed by atoms with Crippen molar-refractivity contribution in [3.05, 3.63) is 65.0 Å². The van der Waals surface area contributed by atoms with Crippen LogP contribution in [-0.4, -0.2) is 36.3 Å². The minimum absolute atomic E-state index is 0.0502. The van der Waals surface area contributed by atoms with E-state index in [1.54, 1.807) is 0 Å². The molecule has 1 fully saturated rings. The standard InChI is InChI=1S/C24H23FN2O5/c1-14-4-2-3-5-20(14)26-21(28)13-32-24(31)15-6-11-18-19(12-15)23(30)27(22(18)29)17-9-7-16(25)8-10-17/h6-12,14,20H,2-5,13H2,1H3,(H,26,28)/t14-,20+/m0/s1. The Labute approximate surface area is 184 Å². The molecular weight excluding hydrogens is 415 g/mol. The zero-order valence-electron chi connectivity index (χ0n) is 17.6. The number of nitrogens with zero attached hydrogens (tertiary/aromatic N) is 1. The number of benzene rings is 2. The van der Waals surface area contributed by atoms with E-state index in [1.807, 2.05) is 0 Å². The first-order valence-electron chi connectivity index (χ1n) is 10.6. The molecular formula is C24H23FN2O5. The molecule has 0 saturated heterocycles. The fourth-order valence-corrected chi connectivity index (χ4v) is 4.19. The number of imide groups is 1. The van der Waals surface area contributed by atoms with Gasteiger partial charge in [-0.15, -0.1) is 0 Å². The number of hydrogen-bond acceptors (Lipinski definition) is 5. The SMILES string of the molecule is C[C@H]1CCCC[C@H]1NC(=O)COC(=O)c1ccc2c(c1)C(=O)N(c1ccc(F)cc1)C2=O. The highest BCUT2D eigenvalue weighted by Gasteiger charge is 2.37. The van der Waals surface area contributed by atoms with Gasteiger partial charge in [0.25, 0.3) is 17.7 Å². The molecule has 7 nitrogen and oxygen atoms in total. The summed E-state index contributed by atoms with van der Waals surface area (Å²) in [4.78, 5) is 51.0. The molecule has 2 aromatic rings. The van der Waals surface area contributed by atoms with Crippen LogP contribution < -0.4 is 10.2 Å². The molecule has 1 saturated carbocycles. The van der Waals surface area contributed by atoms with Crippen LogP contribution in [0, 0.1) is 11.7 Å². The number of anilines is 1. The third kappa shape index (κ3) is 4.26. The molecule has 0 bridgehead atoms. The summed E-state index contributed by atoms with van der Waals surface area (Å²) in [5, 5.41) is 2.91. The van der Waals surface area contributed by atoms with Crippen molar-refractivity contribution in [2.24, 2.45) is 5.92 Å². The minimum atomic E-state index is -0.764. The van der Waals surface area contributed by atoms with Crippen molar-refractivity contribution in [1.29, 1.82) is 0 Å². The van der Waals surface area contributed by atoms with Gasteiger partial charge in [-0.1, -0.05) is 19.8 Å². The van der Waals surface area contributed by atoms with Crippen LogP contribution in [-0.2, 0) is 9.53 Å². The lowest BCUT2D eigenvalue weighted by molar-refractivity contribution is -0.125. The second-order valence-corrected chi connectivity index (χ2v) is 8.19. The molecule has 2 atom stereocenters. The summed E-state index contributed by atoms with van der Waals surface area (Å²) < 4.78 is 18.3. The van der Waals surface area contributed by atoms with Crippen LogP contribution in [0.1, 0.15) is 63.7 Å². The normalized spacial score (nSPS) is 20.1. The average Bonchev–Trinajstić information content (AvgIpc) is 3.04. The smallest absolute Gasteiger partial charge is 0.338 e. The van der Waals surface area contributed by atoms with Crippen molar-refractivity contribution in [3.63, 3.8) is 0 Å². The summed E-state index contributed by atoms with van der Waals surface area (Å²) in [6.07, 6.45) is 4.18. The van der Waals surface area contributed by atoms with Gasteiger partial charge in [0.2, 0.25) is 0 Å². The van der Waals surface area contributed by atoms with Gasteiger partial charge in [0, 0.05) is 6.04 Å². The molecule has 1 heterocycles. The van der Waals surface area contributed by atoms with Crippen LogP contribution in [0.15, 0.2) is 42.5 Å². The van der Waals surface area contributed by atoms with Crippen LogP contribution in [0.3, 0.4) is 0 Å². The predicted octanol–water partition coefficient (Wildman–Crippen LogP) is 3.48. The fourth-order valence-electron chi connectivity index (χ4n) is 4.19. The number of ether oxygens (including phenoxy) is 1. The summed E-state index contributed by atoms with van der Waals surface area (Å²) >= 11 is 0. The molecule has 2 aliphatic rings. The van der Waals surface area contributed by atoms with Gasteiger partial charge in [-0.2, -0.15) is 0 Å². The quantitative estimate of drug-likeness (QED) is 0.570.